The summed E-state index contributed by atoms with van der Waals surface area (Å²) in [5, 5.41) is 3.20. The highest BCUT2D eigenvalue weighted by Crippen LogP contribution is 2.21. The Morgan fingerprint density at radius 3 is 2.69 bits per heavy atom. The number of allylic oxidation sites excluding steroid dienone is 1. The highest BCUT2D eigenvalue weighted by Gasteiger charge is 2.08. The van der Waals surface area contributed by atoms with Crippen LogP contribution in [0.15, 0.2) is 12.2 Å². The van der Waals surface area contributed by atoms with E-state index in [0.717, 1.165) is 23.8 Å². The molecule has 0 amide bonds. The van der Waals surface area contributed by atoms with E-state index in [9.17, 15) is 0 Å². The van der Waals surface area contributed by atoms with Crippen molar-refractivity contribution in [2.45, 2.75) is 27.7 Å². The first-order valence-corrected chi connectivity index (χ1v) is 5.52. The van der Waals surface area contributed by atoms with Gasteiger partial charge in [0.2, 0.25) is 5.88 Å². The van der Waals surface area contributed by atoms with Crippen molar-refractivity contribution in [1.82, 2.24) is 9.97 Å². The minimum atomic E-state index is 0.541. The van der Waals surface area contributed by atoms with E-state index in [-0.39, 0.29) is 0 Å². The van der Waals surface area contributed by atoms with Gasteiger partial charge in [-0.2, -0.15) is 4.98 Å². The van der Waals surface area contributed by atoms with Gasteiger partial charge in [-0.25, -0.2) is 4.98 Å². The molecule has 0 aliphatic heterocycles. The molecule has 0 aliphatic carbocycles. The van der Waals surface area contributed by atoms with Gasteiger partial charge in [0.1, 0.15) is 18.2 Å². The molecule has 88 valence electrons. The van der Waals surface area contributed by atoms with Crippen molar-refractivity contribution in [3.63, 3.8) is 0 Å². The molecule has 0 aromatic carbocycles. The van der Waals surface area contributed by atoms with E-state index in [1.807, 2.05) is 39.8 Å². The molecule has 0 saturated carbocycles. The van der Waals surface area contributed by atoms with Gasteiger partial charge in [-0.3, -0.25) is 0 Å². The number of ether oxygens (including phenoxy) is 1. The van der Waals surface area contributed by atoms with Crippen molar-refractivity contribution in [2.75, 3.05) is 18.5 Å². The molecule has 4 nitrogen and oxygen atoms in total. The smallest absolute Gasteiger partial charge is 0.222 e. The van der Waals surface area contributed by atoms with E-state index < -0.39 is 0 Å². The minimum absolute atomic E-state index is 0.541. The summed E-state index contributed by atoms with van der Waals surface area (Å²) in [6.45, 7) is 9.21. The van der Waals surface area contributed by atoms with Crippen molar-refractivity contribution in [1.29, 1.82) is 0 Å². The van der Waals surface area contributed by atoms with Crippen LogP contribution in [0.4, 0.5) is 5.82 Å². The zero-order chi connectivity index (χ0) is 12.0. The monoisotopic (exact) mass is 221 g/mol. The summed E-state index contributed by atoms with van der Waals surface area (Å²) in [5.41, 5.74) is 0.956. The number of nitrogens with zero attached hydrogens (tertiary/aromatic N) is 2. The zero-order valence-corrected chi connectivity index (χ0v) is 10.4. The van der Waals surface area contributed by atoms with Crippen LogP contribution in [0, 0.1) is 13.8 Å². The normalized spacial score (nSPS) is 10.8. The fourth-order valence-electron chi connectivity index (χ4n) is 1.31. The van der Waals surface area contributed by atoms with Gasteiger partial charge >= 0.3 is 0 Å². The quantitative estimate of drug-likeness (QED) is 0.776. The fraction of sp³-hybridized carbons (Fsp3) is 0.500. The molecule has 4 heteroatoms. The Labute approximate surface area is 96.8 Å². The first-order chi connectivity index (χ1) is 7.69. The number of hydrogen-bond acceptors (Lipinski definition) is 4. The predicted molar refractivity (Wildman–Crippen MR) is 66.0 cm³/mol. The zero-order valence-electron chi connectivity index (χ0n) is 10.4. The Balaban J connectivity index is 2.90. The summed E-state index contributed by atoms with van der Waals surface area (Å²) < 4.78 is 5.57. The first kappa shape index (κ1) is 12.5. The Kier molecular flexibility index (Phi) is 4.76. The molecule has 1 rings (SSSR count). The Morgan fingerprint density at radius 1 is 1.31 bits per heavy atom. The molecule has 1 aromatic rings. The number of anilines is 1. The highest BCUT2D eigenvalue weighted by atomic mass is 16.5. The van der Waals surface area contributed by atoms with Gasteiger partial charge in [-0.05, 0) is 27.7 Å². The molecular formula is C12H19N3O. The minimum Gasteiger partial charge on any atom is -0.473 e. The molecule has 1 heterocycles. The third-order valence-corrected chi connectivity index (χ3v) is 2.11. The highest BCUT2D eigenvalue weighted by molar-refractivity contribution is 5.48. The summed E-state index contributed by atoms with van der Waals surface area (Å²) in [4.78, 5) is 8.61. The maximum Gasteiger partial charge on any atom is 0.222 e. The summed E-state index contributed by atoms with van der Waals surface area (Å²) in [7, 11) is 0. The Hall–Kier alpha value is -1.58. The standard InChI is InChI=1S/C12H19N3O/c1-5-7-8-16-12-9(3)11(13-6-2)14-10(4)15-12/h5,7H,6,8H2,1-4H3,(H,13,14,15)/b7-5+. The molecule has 1 N–H and O–H groups in total. The molecule has 0 bridgehead atoms. The van der Waals surface area contributed by atoms with Gasteiger partial charge in [0, 0.05) is 6.54 Å². The second-order valence-electron chi connectivity index (χ2n) is 3.46. The van der Waals surface area contributed by atoms with Crippen LogP contribution in [0.3, 0.4) is 0 Å². The van der Waals surface area contributed by atoms with Crippen LogP contribution >= 0.6 is 0 Å². The van der Waals surface area contributed by atoms with E-state index in [0.29, 0.717) is 12.5 Å². The predicted octanol–water partition coefficient (Wildman–Crippen LogP) is 2.48. The van der Waals surface area contributed by atoms with Crippen LogP contribution < -0.4 is 10.1 Å². The molecule has 16 heavy (non-hydrogen) atoms. The largest absolute Gasteiger partial charge is 0.473 e. The Bertz CT molecular complexity index is 375. The lowest BCUT2D eigenvalue weighted by atomic mass is 10.3. The second-order valence-corrected chi connectivity index (χ2v) is 3.46. The van der Waals surface area contributed by atoms with Crippen LogP contribution in [-0.4, -0.2) is 23.1 Å². The van der Waals surface area contributed by atoms with Crippen molar-refractivity contribution >= 4 is 5.82 Å². The summed E-state index contributed by atoms with van der Waals surface area (Å²) >= 11 is 0. The summed E-state index contributed by atoms with van der Waals surface area (Å²) in [6.07, 6.45) is 3.90. The number of rotatable bonds is 5. The molecule has 0 saturated heterocycles. The average molecular weight is 221 g/mol. The average Bonchev–Trinajstić information content (AvgIpc) is 2.25. The van der Waals surface area contributed by atoms with Gasteiger partial charge in [-0.1, -0.05) is 12.2 Å². The number of aryl methyl sites for hydroxylation is 1. The lowest BCUT2D eigenvalue weighted by molar-refractivity contribution is 0.344. The fourth-order valence-corrected chi connectivity index (χ4v) is 1.31. The summed E-state index contributed by atoms with van der Waals surface area (Å²) in [5.74, 6) is 2.23. The molecule has 0 atom stereocenters. The second kappa shape index (κ2) is 6.10. The number of hydrogen-bond donors (Lipinski definition) is 1. The molecule has 0 unspecified atom stereocenters. The number of aromatic nitrogens is 2. The van der Waals surface area contributed by atoms with E-state index in [1.54, 1.807) is 0 Å². The maximum atomic E-state index is 5.57. The van der Waals surface area contributed by atoms with Gasteiger partial charge in [0.05, 0.1) is 5.56 Å². The third kappa shape index (κ3) is 3.22. The third-order valence-electron chi connectivity index (χ3n) is 2.11. The summed E-state index contributed by atoms with van der Waals surface area (Å²) in [6, 6.07) is 0. The topological polar surface area (TPSA) is 47.0 Å². The SMILES string of the molecule is C/C=C/COc1nc(C)nc(NCC)c1C. The van der Waals surface area contributed by atoms with Crippen molar-refractivity contribution in [2.24, 2.45) is 0 Å². The molecule has 0 spiro atoms. The molecule has 0 radical (unpaired) electrons. The van der Waals surface area contributed by atoms with E-state index in [4.69, 9.17) is 4.74 Å². The molecule has 1 aromatic heterocycles. The van der Waals surface area contributed by atoms with Gasteiger partial charge < -0.3 is 10.1 Å². The van der Waals surface area contributed by atoms with Crippen LogP contribution in [0.5, 0.6) is 5.88 Å². The van der Waals surface area contributed by atoms with Crippen LogP contribution in [0.25, 0.3) is 0 Å². The van der Waals surface area contributed by atoms with Gasteiger partial charge in [0.25, 0.3) is 0 Å². The van der Waals surface area contributed by atoms with Crippen LogP contribution in [0.2, 0.25) is 0 Å². The van der Waals surface area contributed by atoms with Crippen LogP contribution in [-0.2, 0) is 0 Å². The molecule has 0 aliphatic rings. The van der Waals surface area contributed by atoms with Gasteiger partial charge in [0.15, 0.2) is 0 Å². The van der Waals surface area contributed by atoms with E-state index >= 15 is 0 Å². The van der Waals surface area contributed by atoms with Gasteiger partial charge in [-0.15, -0.1) is 0 Å². The molecular weight excluding hydrogens is 202 g/mol. The molecule has 0 fully saturated rings. The lowest BCUT2D eigenvalue weighted by Gasteiger charge is -2.11. The van der Waals surface area contributed by atoms with Crippen molar-refractivity contribution in [3.8, 4) is 5.88 Å². The van der Waals surface area contributed by atoms with E-state index in [1.165, 1.54) is 0 Å². The number of nitrogens with one attached hydrogen (secondary N) is 1. The van der Waals surface area contributed by atoms with Crippen molar-refractivity contribution < 1.29 is 4.74 Å². The first-order valence-electron chi connectivity index (χ1n) is 5.52. The van der Waals surface area contributed by atoms with E-state index in [2.05, 4.69) is 15.3 Å². The van der Waals surface area contributed by atoms with Crippen LogP contribution in [0.1, 0.15) is 25.2 Å². The van der Waals surface area contributed by atoms with Crippen molar-refractivity contribution in [3.05, 3.63) is 23.5 Å². The maximum absolute atomic E-state index is 5.57. The Morgan fingerprint density at radius 2 is 2.06 bits per heavy atom. The lowest BCUT2D eigenvalue weighted by Crippen LogP contribution is -2.07.